The Bertz CT molecular complexity index is 859. The van der Waals surface area contributed by atoms with Crippen molar-refractivity contribution in [3.8, 4) is 0 Å². The molecule has 3 rings (SSSR count). The van der Waals surface area contributed by atoms with Crippen LogP contribution in [0, 0.1) is 0 Å². The zero-order valence-electron chi connectivity index (χ0n) is 18.5. The summed E-state index contributed by atoms with van der Waals surface area (Å²) in [4.78, 5) is 30.3. The molecule has 166 valence electrons. The third-order valence-electron chi connectivity index (χ3n) is 6.58. The molecule has 0 saturated heterocycles. The molecule has 0 radical (unpaired) electrons. The predicted octanol–water partition coefficient (Wildman–Crippen LogP) is 2.85. The summed E-state index contributed by atoms with van der Waals surface area (Å²) in [5.41, 5.74) is 1.95. The lowest BCUT2D eigenvalue weighted by Crippen LogP contribution is -2.44. The molecular weight excluding hydrogens is 390 g/mol. The highest BCUT2D eigenvalue weighted by Gasteiger charge is 2.39. The number of carbonyl (C=O) groups is 2. The lowest BCUT2D eigenvalue weighted by molar-refractivity contribution is -0.134. The van der Waals surface area contributed by atoms with Crippen LogP contribution >= 0.6 is 0 Å². The van der Waals surface area contributed by atoms with E-state index in [4.69, 9.17) is 0 Å². The molecule has 0 bridgehead atoms. The molecule has 3 atom stereocenters. The Kier molecular flexibility index (Phi) is 7.80. The summed E-state index contributed by atoms with van der Waals surface area (Å²) < 4.78 is 0. The SMILES string of the molecule is CC(=O)NC[C@]1(c2ccccc2)CC[C@@H](O)[C@H](N(C)C(=O)CCc2cccnc2)CC1. The summed E-state index contributed by atoms with van der Waals surface area (Å²) in [6, 6.07) is 13.8. The van der Waals surface area contributed by atoms with Crippen molar-refractivity contribution in [3.63, 3.8) is 0 Å². The predicted molar refractivity (Wildman–Crippen MR) is 120 cm³/mol. The van der Waals surface area contributed by atoms with Crippen molar-refractivity contribution in [1.82, 2.24) is 15.2 Å². The summed E-state index contributed by atoms with van der Waals surface area (Å²) in [5.74, 6) is -0.0266. The van der Waals surface area contributed by atoms with Gasteiger partial charge in [0.05, 0.1) is 12.1 Å². The van der Waals surface area contributed by atoms with Gasteiger partial charge in [0, 0.05) is 44.7 Å². The lowest BCUT2D eigenvalue weighted by atomic mass is 9.74. The Morgan fingerprint density at radius 3 is 2.58 bits per heavy atom. The number of aromatic nitrogens is 1. The van der Waals surface area contributed by atoms with Crippen LogP contribution in [0.15, 0.2) is 54.9 Å². The van der Waals surface area contributed by atoms with Crippen molar-refractivity contribution in [2.24, 2.45) is 0 Å². The van der Waals surface area contributed by atoms with Gasteiger partial charge in [-0.3, -0.25) is 14.6 Å². The van der Waals surface area contributed by atoms with Gasteiger partial charge in [-0.2, -0.15) is 0 Å². The minimum absolute atomic E-state index is 0.0296. The first kappa shape index (κ1) is 22.9. The number of aryl methyl sites for hydroxylation is 1. The first-order chi connectivity index (χ1) is 14.9. The molecule has 31 heavy (non-hydrogen) atoms. The number of likely N-dealkylation sites (N-methyl/N-ethyl adjacent to an activating group) is 1. The van der Waals surface area contributed by atoms with Crippen LogP contribution in [-0.2, 0) is 21.4 Å². The van der Waals surface area contributed by atoms with Crippen LogP contribution in [0.1, 0.15) is 50.2 Å². The third-order valence-corrected chi connectivity index (χ3v) is 6.58. The van der Waals surface area contributed by atoms with Gasteiger partial charge in [-0.05, 0) is 49.3 Å². The van der Waals surface area contributed by atoms with Crippen molar-refractivity contribution in [3.05, 3.63) is 66.0 Å². The Hall–Kier alpha value is -2.73. The van der Waals surface area contributed by atoms with E-state index in [1.54, 1.807) is 24.3 Å². The molecule has 6 heteroatoms. The van der Waals surface area contributed by atoms with Crippen LogP contribution < -0.4 is 5.32 Å². The number of hydrogen-bond acceptors (Lipinski definition) is 4. The molecule has 1 heterocycles. The minimum atomic E-state index is -0.588. The summed E-state index contributed by atoms with van der Waals surface area (Å²) >= 11 is 0. The van der Waals surface area contributed by atoms with Gasteiger partial charge >= 0.3 is 0 Å². The second kappa shape index (κ2) is 10.5. The van der Waals surface area contributed by atoms with E-state index < -0.39 is 6.10 Å². The van der Waals surface area contributed by atoms with E-state index in [-0.39, 0.29) is 23.3 Å². The van der Waals surface area contributed by atoms with Crippen LogP contribution in [0.3, 0.4) is 0 Å². The van der Waals surface area contributed by atoms with Crippen LogP contribution in [0.4, 0.5) is 0 Å². The molecule has 1 aromatic heterocycles. The fraction of sp³-hybridized carbons (Fsp3) is 0.480. The Balaban J connectivity index is 1.71. The molecule has 1 saturated carbocycles. The van der Waals surface area contributed by atoms with Gasteiger partial charge in [-0.1, -0.05) is 36.4 Å². The molecule has 1 aliphatic carbocycles. The minimum Gasteiger partial charge on any atom is -0.391 e. The average Bonchev–Trinajstić information content (AvgIpc) is 2.96. The molecular formula is C25H33N3O3. The number of aliphatic hydroxyl groups excluding tert-OH is 1. The van der Waals surface area contributed by atoms with Crippen LogP contribution in [-0.4, -0.2) is 52.5 Å². The number of hydrogen-bond donors (Lipinski definition) is 2. The maximum Gasteiger partial charge on any atom is 0.222 e. The number of nitrogens with zero attached hydrogens (tertiary/aromatic N) is 2. The quantitative estimate of drug-likeness (QED) is 0.671. The molecule has 1 fully saturated rings. The molecule has 1 aromatic carbocycles. The monoisotopic (exact) mass is 423 g/mol. The second-order valence-electron chi connectivity index (χ2n) is 8.63. The fourth-order valence-corrected chi connectivity index (χ4v) is 4.62. The van der Waals surface area contributed by atoms with E-state index in [1.165, 1.54) is 12.5 Å². The Morgan fingerprint density at radius 1 is 1.16 bits per heavy atom. The van der Waals surface area contributed by atoms with Crippen molar-refractivity contribution in [1.29, 1.82) is 0 Å². The molecule has 2 amide bonds. The van der Waals surface area contributed by atoms with E-state index in [0.29, 0.717) is 32.2 Å². The topological polar surface area (TPSA) is 82.5 Å². The average molecular weight is 424 g/mol. The van der Waals surface area contributed by atoms with Crippen molar-refractivity contribution in [2.75, 3.05) is 13.6 Å². The normalized spacial score (nSPS) is 23.6. The van der Waals surface area contributed by atoms with Crippen molar-refractivity contribution in [2.45, 2.75) is 63.0 Å². The van der Waals surface area contributed by atoms with Gasteiger partial charge in [0.25, 0.3) is 0 Å². The zero-order valence-corrected chi connectivity index (χ0v) is 18.5. The smallest absolute Gasteiger partial charge is 0.222 e. The summed E-state index contributed by atoms with van der Waals surface area (Å²) in [7, 11) is 1.79. The van der Waals surface area contributed by atoms with Gasteiger partial charge in [0.1, 0.15) is 0 Å². The van der Waals surface area contributed by atoms with E-state index in [9.17, 15) is 14.7 Å². The molecule has 2 aromatic rings. The zero-order chi connectivity index (χ0) is 22.3. The van der Waals surface area contributed by atoms with E-state index >= 15 is 0 Å². The maximum atomic E-state index is 12.9. The van der Waals surface area contributed by atoms with Crippen molar-refractivity contribution >= 4 is 11.8 Å². The number of nitrogens with one attached hydrogen (secondary N) is 1. The number of amides is 2. The van der Waals surface area contributed by atoms with Crippen LogP contribution in [0.5, 0.6) is 0 Å². The number of carbonyl (C=O) groups excluding carboxylic acids is 2. The first-order valence-electron chi connectivity index (χ1n) is 11.0. The molecule has 1 aliphatic rings. The van der Waals surface area contributed by atoms with E-state index in [1.807, 2.05) is 30.3 Å². The van der Waals surface area contributed by atoms with Crippen LogP contribution in [0.25, 0.3) is 0 Å². The molecule has 6 nitrogen and oxygen atoms in total. The first-order valence-corrected chi connectivity index (χ1v) is 11.0. The molecule has 2 N–H and O–H groups in total. The maximum absolute atomic E-state index is 12.9. The lowest BCUT2D eigenvalue weighted by Gasteiger charge is -2.34. The Labute approximate surface area is 184 Å². The standard InChI is InChI=1S/C25H33N3O3/c1-19(29)27-18-25(21-8-4-3-5-9-21)14-12-22(23(30)13-15-25)28(2)24(31)11-10-20-7-6-16-26-17-20/h3-9,16-17,22-23,30H,10-15,18H2,1-2H3,(H,27,29)/t22-,23-,25-/m1/s1. The molecule has 0 spiro atoms. The number of pyridine rings is 1. The van der Waals surface area contributed by atoms with E-state index in [0.717, 1.165) is 18.4 Å². The highest BCUT2D eigenvalue weighted by molar-refractivity contribution is 5.76. The molecule has 0 unspecified atom stereocenters. The summed E-state index contributed by atoms with van der Waals surface area (Å²) in [5, 5.41) is 13.9. The second-order valence-corrected chi connectivity index (χ2v) is 8.63. The highest BCUT2D eigenvalue weighted by Crippen LogP contribution is 2.39. The van der Waals surface area contributed by atoms with Gasteiger partial charge in [0.2, 0.25) is 11.8 Å². The third kappa shape index (κ3) is 5.91. The van der Waals surface area contributed by atoms with Gasteiger partial charge < -0.3 is 15.3 Å². The van der Waals surface area contributed by atoms with Gasteiger partial charge in [-0.15, -0.1) is 0 Å². The fourth-order valence-electron chi connectivity index (χ4n) is 4.62. The van der Waals surface area contributed by atoms with Gasteiger partial charge in [-0.25, -0.2) is 0 Å². The van der Waals surface area contributed by atoms with Gasteiger partial charge in [0.15, 0.2) is 0 Å². The van der Waals surface area contributed by atoms with Crippen LogP contribution in [0.2, 0.25) is 0 Å². The van der Waals surface area contributed by atoms with E-state index in [2.05, 4.69) is 22.4 Å². The number of aliphatic hydroxyl groups is 1. The van der Waals surface area contributed by atoms with Crippen molar-refractivity contribution < 1.29 is 14.7 Å². The Morgan fingerprint density at radius 2 is 1.90 bits per heavy atom. The molecule has 0 aliphatic heterocycles. The largest absolute Gasteiger partial charge is 0.391 e. The number of benzene rings is 1. The highest BCUT2D eigenvalue weighted by atomic mass is 16.3. The number of rotatable bonds is 7. The summed E-state index contributed by atoms with van der Waals surface area (Å²) in [6.45, 7) is 2.06. The summed E-state index contributed by atoms with van der Waals surface area (Å²) in [6.07, 6.45) is 6.76.